The molecule has 0 bridgehead atoms. The van der Waals surface area contributed by atoms with Gasteiger partial charge in [-0.05, 0) is 29.9 Å². The minimum atomic E-state index is -0.459. The highest BCUT2D eigenvalue weighted by Gasteiger charge is 2.06. The van der Waals surface area contributed by atoms with E-state index in [0.717, 1.165) is 16.3 Å². The van der Waals surface area contributed by atoms with E-state index in [0.29, 0.717) is 18.9 Å². The normalized spacial score (nSPS) is 9.82. The second kappa shape index (κ2) is 7.09. The minimum Gasteiger partial charge on any atom is -0.341 e. The third kappa shape index (κ3) is 3.73. The van der Waals surface area contributed by atoms with Gasteiger partial charge in [-0.15, -0.1) is 6.42 Å². The average molecular weight is 296 g/mol. The van der Waals surface area contributed by atoms with Crippen LogP contribution in [0.5, 0.6) is 0 Å². The third-order valence-electron chi connectivity index (χ3n) is 3.00. The number of carbonyl (C=O) groups is 2. The molecule has 0 spiro atoms. The molecule has 2 rings (SSSR count). The summed E-state index contributed by atoms with van der Waals surface area (Å²) in [6.07, 6.45) is 6.68. The van der Waals surface area contributed by atoms with E-state index in [4.69, 9.17) is 6.42 Å². The summed E-state index contributed by atoms with van der Waals surface area (Å²) in [6.45, 7) is 2.70. The van der Waals surface area contributed by atoms with Gasteiger partial charge < -0.3 is 10.6 Å². The second-order valence-electron chi connectivity index (χ2n) is 4.52. The van der Waals surface area contributed by atoms with Crippen LogP contribution < -0.4 is 16.0 Å². The number of urea groups is 1. The molecule has 0 atom stereocenters. The predicted molar refractivity (Wildman–Crippen MR) is 85.1 cm³/mol. The van der Waals surface area contributed by atoms with E-state index in [-0.39, 0.29) is 6.03 Å². The number of benzene rings is 1. The number of terminal acetylenes is 1. The quantitative estimate of drug-likeness (QED) is 0.750. The van der Waals surface area contributed by atoms with Crippen molar-refractivity contribution >= 4 is 28.5 Å². The summed E-state index contributed by atoms with van der Waals surface area (Å²) in [5, 5.41) is 9.72. The number of hydrogen-bond acceptors (Lipinski definition) is 3. The molecule has 112 valence electrons. The first-order valence-corrected chi connectivity index (χ1v) is 6.81. The van der Waals surface area contributed by atoms with Gasteiger partial charge >= 0.3 is 6.03 Å². The standard InChI is InChI=1S/C16H16N4O2/c1-3-15(21)19-9-12-7-5-6-11-8-14(18-10-13(11)12)20-16(22)17-4-2/h1,5-8,10H,4,9H2,2H3,(H,19,21)(H2,17,18,20,22). The maximum absolute atomic E-state index is 11.5. The first-order valence-electron chi connectivity index (χ1n) is 6.81. The fourth-order valence-corrected chi connectivity index (χ4v) is 2.00. The first-order chi connectivity index (χ1) is 10.6. The van der Waals surface area contributed by atoms with Crippen molar-refractivity contribution in [3.05, 3.63) is 36.0 Å². The molecule has 0 unspecified atom stereocenters. The Bertz CT molecular complexity index is 749. The highest BCUT2D eigenvalue weighted by atomic mass is 16.2. The molecule has 1 aromatic carbocycles. The summed E-state index contributed by atoms with van der Waals surface area (Å²) in [5.41, 5.74) is 0.901. The van der Waals surface area contributed by atoms with Crippen molar-refractivity contribution < 1.29 is 9.59 Å². The third-order valence-corrected chi connectivity index (χ3v) is 3.00. The van der Waals surface area contributed by atoms with Crippen molar-refractivity contribution in [2.24, 2.45) is 0 Å². The van der Waals surface area contributed by atoms with E-state index >= 15 is 0 Å². The molecule has 0 saturated heterocycles. The summed E-state index contributed by atoms with van der Waals surface area (Å²) in [4.78, 5) is 26.9. The highest BCUT2D eigenvalue weighted by molar-refractivity contribution is 5.94. The fourth-order valence-electron chi connectivity index (χ4n) is 2.00. The molecule has 0 aliphatic rings. The van der Waals surface area contributed by atoms with Crippen molar-refractivity contribution in [2.45, 2.75) is 13.5 Å². The van der Waals surface area contributed by atoms with Crippen molar-refractivity contribution in [2.75, 3.05) is 11.9 Å². The molecule has 0 saturated carbocycles. The van der Waals surface area contributed by atoms with Crippen LogP contribution in [-0.4, -0.2) is 23.5 Å². The van der Waals surface area contributed by atoms with Gasteiger partial charge in [-0.1, -0.05) is 18.2 Å². The average Bonchev–Trinajstić information content (AvgIpc) is 2.52. The molecular weight excluding hydrogens is 280 g/mol. The maximum Gasteiger partial charge on any atom is 0.320 e. The Morgan fingerprint density at radius 1 is 1.32 bits per heavy atom. The van der Waals surface area contributed by atoms with Gasteiger partial charge in [-0.25, -0.2) is 9.78 Å². The Hall–Kier alpha value is -3.07. The molecule has 1 aromatic heterocycles. The SMILES string of the molecule is C#CC(=O)NCc1cccc2cc(NC(=O)NCC)ncc12. The molecule has 0 fully saturated rings. The zero-order valence-electron chi connectivity index (χ0n) is 12.1. The van der Waals surface area contributed by atoms with Gasteiger partial charge in [0.2, 0.25) is 0 Å². The molecule has 0 radical (unpaired) electrons. The van der Waals surface area contributed by atoms with Crippen LogP contribution in [-0.2, 0) is 11.3 Å². The molecule has 3 N–H and O–H groups in total. The Morgan fingerprint density at radius 3 is 2.86 bits per heavy atom. The molecule has 6 heteroatoms. The van der Waals surface area contributed by atoms with Gasteiger partial charge in [-0.3, -0.25) is 10.1 Å². The summed E-state index contributed by atoms with van der Waals surface area (Å²) in [5.74, 6) is 2.01. The zero-order chi connectivity index (χ0) is 15.9. The number of rotatable bonds is 4. The summed E-state index contributed by atoms with van der Waals surface area (Å²) in [7, 11) is 0. The van der Waals surface area contributed by atoms with Crippen LogP contribution in [0.15, 0.2) is 30.5 Å². The molecule has 3 amide bonds. The smallest absolute Gasteiger partial charge is 0.320 e. The summed E-state index contributed by atoms with van der Waals surface area (Å²) >= 11 is 0. The van der Waals surface area contributed by atoms with E-state index in [1.807, 2.05) is 31.0 Å². The van der Waals surface area contributed by atoms with E-state index in [1.54, 1.807) is 12.3 Å². The molecule has 6 nitrogen and oxygen atoms in total. The van der Waals surface area contributed by atoms with Crippen LogP contribution in [0.4, 0.5) is 10.6 Å². The molecule has 0 aliphatic heterocycles. The van der Waals surface area contributed by atoms with Crippen molar-refractivity contribution in [1.29, 1.82) is 0 Å². The van der Waals surface area contributed by atoms with Gasteiger partial charge in [0.25, 0.3) is 5.91 Å². The topological polar surface area (TPSA) is 83.1 Å². The van der Waals surface area contributed by atoms with Gasteiger partial charge in [0.1, 0.15) is 5.82 Å². The number of pyridine rings is 1. The number of nitrogens with zero attached hydrogens (tertiary/aromatic N) is 1. The van der Waals surface area contributed by atoms with E-state index < -0.39 is 5.91 Å². The van der Waals surface area contributed by atoms with Crippen molar-refractivity contribution in [1.82, 2.24) is 15.6 Å². The lowest BCUT2D eigenvalue weighted by Gasteiger charge is -2.09. The number of amides is 3. The van der Waals surface area contributed by atoms with Crippen LogP contribution in [0.2, 0.25) is 0 Å². The predicted octanol–water partition coefficient (Wildman–Crippen LogP) is 1.63. The monoisotopic (exact) mass is 296 g/mol. The Labute approximate surface area is 128 Å². The molecule has 2 aromatic rings. The van der Waals surface area contributed by atoms with Crippen LogP contribution in [0.25, 0.3) is 10.8 Å². The highest BCUT2D eigenvalue weighted by Crippen LogP contribution is 2.20. The summed E-state index contributed by atoms with van der Waals surface area (Å²) < 4.78 is 0. The van der Waals surface area contributed by atoms with Crippen LogP contribution >= 0.6 is 0 Å². The zero-order valence-corrected chi connectivity index (χ0v) is 12.1. The van der Waals surface area contributed by atoms with E-state index in [9.17, 15) is 9.59 Å². The van der Waals surface area contributed by atoms with Gasteiger partial charge in [0.15, 0.2) is 0 Å². The Kier molecular flexibility index (Phi) is 4.94. The van der Waals surface area contributed by atoms with Crippen molar-refractivity contribution in [3.8, 4) is 12.3 Å². The summed E-state index contributed by atoms with van der Waals surface area (Å²) in [6, 6.07) is 7.14. The number of aromatic nitrogens is 1. The van der Waals surface area contributed by atoms with Crippen molar-refractivity contribution in [3.63, 3.8) is 0 Å². The van der Waals surface area contributed by atoms with E-state index in [1.165, 1.54) is 0 Å². The molecule has 1 heterocycles. The Balaban J connectivity index is 2.22. The molecular formula is C16H16N4O2. The number of carbonyl (C=O) groups excluding carboxylic acids is 2. The molecule has 0 aliphatic carbocycles. The Morgan fingerprint density at radius 2 is 2.14 bits per heavy atom. The number of anilines is 1. The molecule has 22 heavy (non-hydrogen) atoms. The maximum atomic E-state index is 11.5. The second-order valence-corrected chi connectivity index (χ2v) is 4.52. The van der Waals surface area contributed by atoms with E-state index in [2.05, 4.69) is 20.9 Å². The fraction of sp³-hybridized carbons (Fsp3) is 0.188. The number of hydrogen-bond donors (Lipinski definition) is 3. The minimum absolute atomic E-state index is 0.299. The van der Waals surface area contributed by atoms with Crippen LogP contribution in [0.1, 0.15) is 12.5 Å². The first kappa shape index (κ1) is 15.3. The van der Waals surface area contributed by atoms with Crippen LogP contribution in [0, 0.1) is 12.3 Å². The van der Waals surface area contributed by atoms with Gasteiger partial charge in [0, 0.05) is 24.7 Å². The lowest BCUT2D eigenvalue weighted by Crippen LogP contribution is -2.28. The lowest BCUT2D eigenvalue weighted by atomic mass is 10.1. The van der Waals surface area contributed by atoms with Crippen LogP contribution in [0.3, 0.4) is 0 Å². The lowest BCUT2D eigenvalue weighted by molar-refractivity contribution is -0.115. The van der Waals surface area contributed by atoms with Gasteiger partial charge in [0.05, 0.1) is 0 Å². The largest absolute Gasteiger partial charge is 0.341 e. The van der Waals surface area contributed by atoms with Gasteiger partial charge in [-0.2, -0.15) is 0 Å². The number of fused-ring (bicyclic) bond motifs is 1. The number of nitrogens with one attached hydrogen (secondary N) is 3.